The summed E-state index contributed by atoms with van der Waals surface area (Å²) in [7, 11) is 0. The van der Waals surface area contributed by atoms with Crippen LogP contribution in [-0.2, 0) is 28.6 Å². The molecule has 0 aromatic rings. The Bertz CT molecular complexity index is 1250. The Morgan fingerprint density at radius 3 is 0.884 bits per heavy atom. The molecule has 0 radical (unpaired) electrons. The van der Waals surface area contributed by atoms with Gasteiger partial charge in [0.1, 0.15) is 13.2 Å². The lowest BCUT2D eigenvalue weighted by Gasteiger charge is -2.18. The molecule has 0 saturated carbocycles. The van der Waals surface area contributed by atoms with Crippen LogP contribution in [0.4, 0.5) is 0 Å². The Kier molecular flexibility index (Phi) is 55.3. The summed E-state index contributed by atoms with van der Waals surface area (Å²) in [5.41, 5.74) is 0. The van der Waals surface area contributed by atoms with Crippen LogP contribution >= 0.6 is 0 Å². The predicted octanol–water partition coefficient (Wildman–Crippen LogP) is 20.0. The van der Waals surface area contributed by atoms with Gasteiger partial charge in [0, 0.05) is 19.3 Å². The van der Waals surface area contributed by atoms with Crippen molar-refractivity contribution in [2.75, 3.05) is 13.2 Å². The van der Waals surface area contributed by atoms with Gasteiger partial charge in [-0.05, 0) is 103 Å². The normalized spacial score (nSPS) is 12.4. The van der Waals surface area contributed by atoms with Gasteiger partial charge in [-0.2, -0.15) is 0 Å². The van der Waals surface area contributed by atoms with Gasteiger partial charge in [0.2, 0.25) is 0 Å². The minimum absolute atomic E-state index is 0.0926. The van der Waals surface area contributed by atoms with Crippen LogP contribution in [-0.4, -0.2) is 37.2 Å². The summed E-state index contributed by atoms with van der Waals surface area (Å²) in [6, 6.07) is 0. The summed E-state index contributed by atoms with van der Waals surface area (Å²) in [4.78, 5) is 38.2. The predicted molar refractivity (Wildman–Crippen MR) is 298 cm³/mol. The van der Waals surface area contributed by atoms with E-state index in [9.17, 15) is 14.4 Å². The first-order valence-electron chi connectivity index (χ1n) is 29.8. The number of hydrogen-bond donors (Lipinski definition) is 0. The highest BCUT2D eigenvalue weighted by molar-refractivity contribution is 5.71. The zero-order valence-corrected chi connectivity index (χ0v) is 45.8. The molecule has 0 saturated heterocycles. The minimum atomic E-state index is -0.798. The van der Waals surface area contributed by atoms with Gasteiger partial charge >= 0.3 is 17.9 Å². The van der Waals surface area contributed by atoms with Crippen LogP contribution in [0.15, 0.2) is 60.8 Å². The number of rotatable bonds is 54. The lowest BCUT2D eigenvalue weighted by Crippen LogP contribution is -2.30. The van der Waals surface area contributed by atoms with Crippen LogP contribution < -0.4 is 0 Å². The third-order valence-electron chi connectivity index (χ3n) is 13.0. The fourth-order valence-electron chi connectivity index (χ4n) is 8.45. The van der Waals surface area contributed by atoms with E-state index in [2.05, 4.69) is 81.5 Å². The first-order chi connectivity index (χ1) is 34.0. The van der Waals surface area contributed by atoms with Crippen molar-refractivity contribution in [2.45, 2.75) is 309 Å². The zero-order valence-electron chi connectivity index (χ0n) is 45.8. The highest BCUT2D eigenvalue weighted by Crippen LogP contribution is 2.15. The maximum absolute atomic E-state index is 12.9. The fourth-order valence-corrected chi connectivity index (χ4v) is 8.45. The summed E-state index contributed by atoms with van der Waals surface area (Å²) in [5.74, 6) is -0.944. The van der Waals surface area contributed by atoms with E-state index in [0.717, 1.165) is 57.8 Å². The number of hydrogen-bond acceptors (Lipinski definition) is 6. The van der Waals surface area contributed by atoms with E-state index >= 15 is 0 Å². The molecule has 6 heteroatoms. The van der Waals surface area contributed by atoms with Crippen molar-refractivity contribution in [3.63, 3.8) is 0 Å². The molecule has 400 valence electrons. The van der Waals surface area contributed by atoms with E-state index in [1.165, 1.54) is 199 Å². The molecular formula is C63H112O6. The number of allylic oxidation sites excluding steroid dienone is 10. The molecule has 0 heterocycles. The maximum atomic E-state index is 12.9. The molecule has 0 aromatic carbocycles. The second-order valence-corrected chi connectivity index (χ2v) is 19.9. The second kappa shape index (κ2) is 57.7. The monoisotopic (exact) mass is 965 g/mol. The lowest BCUT2D eigenvalue weighted by atomic mass is 10.1. The van der Waals surface area contributed by atoms with Crippen LogP contribution in [0.2, 0.25) is 0 Å². The number of unbranched alkanes of at least 4 members (excludes halogenated alkanes) is 33. The van der Waals surface area contributed by atoms with Crippen molar-refractivity contribution in [3.05, 3.63) is 60.8 Å². The van der Waals surface area contributed by atoms with E-state index in [-0.39, 0.29) is 37.5 Å². The highest BCUT2D eigenvalue weighted by atomic mass is 16.6. The maximum Gasteiger partial charge on any atom is 0.306 e. The van der Waals surface area contributed by atoms with E-state index in [1.54, 1.807) is 0 Å². The largest absolute Gasteiger partial charge is 0.462 e. The average molecular weight is 966 g/mol. The first-order valence-corrected chi connectivity index (χ1v) is 29.8. The molecule has 1 unspecified atom stereocenters. The molecule has 1 atom stereocenters. The Morgan fingerprint density at radius 2 is 0.536 bits per heavy atom. The topological polar surface area (TPSA) is 78.9 Å². The number of carbonyl (C=O) groups is 3. The summed E-state index contributed by atoms with van der Waals surface area (Å²) in [5, 5.41) is 0. The number of ether oxygens (including phenoxy) is 3. The van der Waals surface area contributed by atoms with Gasteiger partial charge in [-0.3, -0.25) is 14.4 Å². The van der Waals surface area contributed by atoms with Crippen molar-refractivity contribution in [2.24, 2.45) is 0 Å². The van der Waals surface area contributed by atoms with Gasteiger partial charge < -0.3 is 14.2 Å². The fraction of sp³-hybridized carbons (Fsp3) is 0.794. The van der Waals surface area contributed by atoms with E-state index < -0.39 is 6.10 Å². The third kappa shape index (κ3) is 55.9. The molecule has 0 N–H and O–H groups in total. The molecule has 6 nitrogen and oxygen atoms in total. The van der Waals surface area contributed by atoms with Crippen molar-refractivity contribution in [1.82, 2.24) is 0 Å². The quantitative estimate of drug-likeness (QED) is 0.0262. The van der Waals surface area contributed by atoms with E-state index in [4.69, 9.17) is 14.2 Å². The molecule has 0 aliphatic heterocycles. The lowest BCUT2D eigenvalue weighted by molar-refractivity contribution is -0.167. The SMILES string of the molecule is CCCCCCCC/C=C\C/C=C\C/C=C\CCCC(=O)OCC(COC(=O)CCCCCCCCC/C=C\CCCCCCCC)OC(=O)CCCCCCCCC/C=C\CCCCCCCC. The molecule has 0 bridgehead atoms. The van der Waals surface area contributed by atoms with Gasteiger partial charge in [-0.15, -0.1) is 0 Å². The molecule has 69 heavy (non-hydrogen) atoms. The van der Waals surface area contributed by atoms with Crippen LogP contribution in [0.5, 0.6) is 0 Å². The number of esters is 3. The van der Waals surface area contributed by atoms with Crippen LogP contribution in [0.1, 0.15) is 303 Å². The second-order valence-electron chi connectivity index (χ2n) is 19.9. The molecule has 0 fully saturated rings. The Morgan fingerprint density at radius 1 is 0.290 bits per heavy atom. The summed E-state index contributed by atoms with van der Waals surface area (Å²) in [6.45, 7) is 6.60. The average Bonchev–Trinajstić information content (AvgIpc) is 3.35. The standard InChI is InChI=1S/C63H112O6/c1-4-7-10-13-16-19-22-25-28-31-34-37-40-43-46-49-52-55-61(64)67-58-60(69-63(66)57-54-51-48-45-42-39-36-33-30-27-24-21-18-15-12-9-6-3)59-68-62(65)56-53-50-47-44-41-38-35-32-29-26-23-20-17-14-11-8-5-2/h25-30,34,37,43,46,60H,4-24,31-33,35-36,38-42,44-45,47-59H2,1-3H3/b28-25-,29-26-,30-27-,37-34-,46-43-. The van der Waals surface area contributed by atoms with E-state index in [1.807, 2.05) is 0 Å². The van der Waals surface area contributed by atoms with Crippen LogP contribution in [0, 0.1) is 0 Å². The van der Waals surface area contributed by atoms with Crippen molar-refractivity contribution < 1.29 is 28.6 Å². The molecule has 0 aromatic heterocycles. The van der Waals surface area contributed by atoms with Gasteiger partial charge in [0.25, 0.3) is 0 Å². The molecule has 0 aliphatic carbocycles. The van der Waals surface area contributed by atoms with Crippen molar-refractivity contribution in [3.8, 4) is 0 Å². The molecular weight excluding hydrogens is 853 g/mol. The molecule has 0 rings (SSSR count). The summed E-state index contributed by atoms with van der Waals surface area (Å²) in [6.07, 6.45) is 72.2. The Labute approximate surface area is 428 Å². The molecule has 0 spiro atoms. The van der Waals surface area contributed by atoms with Crippen molar-refractivity contribution in [1.29, 1.82) is 0 Å². The summed E-state index contributed by atoms with van der Waals surface area (Å²) < 4.78 is 16.8. The third-order valence-corrected chi connectivity index (χ3v) is 13.0. The van der Waals surface area contributed by atoms with Crippen molar-refractivity contribution >= 4 is 17.9 Å². The minimum Gasteiger partial charge on any atom is -0.462 e. The molecule has 0 amide bonds. The highest BCUT2D eigenvalue weighted by Gasteiger charge is 2.19. The van der Waals surface area contributed by atoms with Gasteiger partial charge in [-0.25, -0.2) is 0 Å². The van der Waals surface area contributed by atoms with Gasteiger partial charge in [0.15, 0.2) is 6.10 Å². The van der Waals surface area contributed by atoms with Gasteiger partial charge in [-0.1, -0.05) is 242 Å². The summed E-state index contributed by atoms with van der Waals surface area (Å²) >= 11 is 0. The Hall–Kier alpha value is -2.89. The Balaban J connectivity index is 4.45. The smallest absolute Gasteiger partial charge is 0.306 e. The van der Waals surface area contributed by atoms with Crippen LogP contribution in [0.25, 0.3) is 0 Å². The van der Waals surface area contributed by atoms with Crippen LogP contribution in [0.3, 0.4) is 0 Å². The zero-order chi connectivity index (χ0) is 50.0. The molecule has 0 aliphatic rings. The first kappa shape index (κ1) is 66.1. The number of carbonyl (C=O) groups excluding carboxylic acids is 3. The van der Waals surface area contributed by atoms with Gasteiger partial charge in [0.05, 0.1) is 0 Å². The van der Waals surface area contributed by atoms with E-state index in [0.29, 0.717) is 19.3 Å².